The Morgan fingerprint density at radius 1 is 1.28 bits per heavy atom. The minimum absolute atomic E-state index is 0.221. The second kappa shape index (κ2) is 6.07. The quantitative estimate of drug-likeness (QED) is 0.854. The highest BCUT2D eigenvalue weighted by Gasteiger charge is 2.20. The lowest BCUT2D eigenvalue weighted by atomic mass is 9.90. The van der Waals surface area contributed by atoms with Crippen molar-refractivity contribution in [2.24, 2.45) is 0 Å². The van der Waals surface area contributed by atoms with Crippen LogP contribution in [-0.4, -0.2) is 32.5 Å². The SMILES string of the molecule is COc1cc2c(cc1OC)[C@@H](CCO)CCNC2. The normalized spacial score (nSPS) is 18.9. The van der Waals surface area contributed by atoms with Crippen molar-refractivity contribution in [1.29, 1.82) is 0 Å². The first-order chi connectivity index (χ1) is 8.80. The smallest absolute Gasteiger partial charge is 0.161 e. The molecule has 0 aromatic heterocycles. The highest BCUT2D eigenvalue weighted by Crippen LogP contribution is 2.37. The molecule has 0 aliphatic carbocycles. The lowest BCUT2D eigenvalue weighted by Gasteiger charge is -2.18. The third kappa shape index (κ3) is 2.60. The van der Waals surface area contributed by atoms with E-state index < -0.39 is 0 Å². The molecule has 4 nitrogen and oxygen atoms in total. The fourth-order valence-corrected chi connectivity index (χ4v) is 2.58. The first kappa shape index (κ1) is 13.2. The number of ether oxygens (including phenoxy) is 2. The van der Waals surface area contributed by atoms with Crippen LogP contribution >= 0.6 is 0 Å². The van der Waals surface area contributed by atoms with Gasteiger partial charge in [-0.1, -0.05) is 0 Å². The van der Waals surface area contributed by atoms with Gasteiger partial charge in [0.15, 0.2) is 11.5 Å². The Kier molecular flexibility index (Phi) is 4.44. The maximum absolute atomic E-state index is 9.19. The van der Waals surface area contributed by atoms with Crippen molar-refractivity contribution in [3.8, 4) is 11.5 Å². The summed E-state index contributed by atoms with van der Waals surface area (Å²) in [4.78, 5) is 0. The Labute approximate surface area is 108 Å². The zero-order chi connectivity index (χ0) is 13.0. The molecular formula is C14H21NO3. The Bertz CT molecular complexity index is 406. The van der Waals surface area contributed by atoms with Crippen molar-refractivity contribution in [3.05, 3.63) is 23.3 Å². The Balaban J connectivity index is 2.42. The van der Waals surface area contributed by atoms with Crippen LogP contribution in [0.2, 0.25) is 0 Å². The molecule has 0 fully saturated rings. The molecule has 0 radical (unpaired) electrons. The molecule has 0 saturated heterocycles. The standard InChI is InChI=1S/C14H21NO3/c1-17-13-7-11-9-15-5-3-10(4-6-16)12(11)8-14(13)18-2/h7-8,10,15-16H,3-6,9H2,1-2H3/t10-/m1/s1. The van der Waals surface area contributed by atoms with Crippen LogP contribution in [0.1, 0.15) is 29.9 Å². The number of aliphatic hydroxyl groups is 1. The Hall–Kier alpha value is -1.26. The first-order valence-electron chi connectivity index (χ1n) is 6.36. The largest absolute Gasteiger partial charge is 0.493 e. The summed E-state index contributed by atoms with van der Waals surface area (Å²) in [6.07, 6.45) is 1.84. The first-order valence-corrected chi connectivity index (χ1v) is 6.36. The molecule has 1 aliphatic rings. The van der Waals surface area contributed by atoms with Gasteiger partial charge in [-0.25, -0.2) is 0 Å². The van der Waals surface area contributed by atoms with E-state index in [1.807, 2.05) is 6.07 Å². The summed E-state index contributed by atoms with van der Waals surface area (Å²) in [5.41, 5.74) is 2.51. The lowest BCUT2D eigenvalue weighted by Crippen LogP contribution is -2.12. The summed E-state index contributed by atoms with van der Waals surface area (Å²) >= 11 is 0. The van der Waals surface area contributed by atoms with E-state index in [2.05, 4.69) is 11.4 Å². The van der Waals surface area contributed by atoms with E-state index in [0.717, 1.165) is 37.4 Å². The summed E-state index contributed by atoms with van der Waals surface area (Å²) in [5.74, 6) is 1.92. The maximum Gasteiger partial charge on any atom is 0.161 e. The van der Waals surface area contributed by atoms with Crippen LogP contribution in [0.5, 0.6) is 11.5 Å². The highest BCUT2D eigenvalue weighted by molar-refractivity contribution is 5.49. The van der Waals surface area contributed by atoms with Crippen LogP contribution in [0.15, 0.2) is 12.1 Å². The average Bonchev–Trinajstić information content (AvgIpc) is 2.60. The molecule has 18 heavy (non-hydrogen) atoms. The molecule has 4 heteroatoms. The molecule has 0 unspecified atom stereocenters. The molecule has 1 aromatic carbocycles. The van der Waals surface area contributed by atoms with Crippen LogP contribution in [0.25, 0.3) is 0 Å². The number of rotatable bonds is 4. The van der Waals surface area contributed by atoms with Gasteiger partial charge in [-0.2, -0.15) is 0 Å². The fourth-order valence-electron chi connectivity index (χ4n) is 2.58. The molecule has 1 aromatic rings. The number of fused-ring (bicyclic) bond motifs is 1. The number of benzene rings is 1. The number of hydrogen-bond acceptors (Lipinski definition) is 4. The number of nitrogens with one attached hydrogen (secondary N) is 1. The minimum atomic E-state index is 0.221. The molecule has 0 amide bonds. The summed E-state index contributed by atoms with van der Waals surface area (Å²) in [5, 5.41) is 12.6. The van der Waals surface area contributed by atoms with E-state index in [9.17, 15) is 5.11 Å². The van der Waals surface area contributed by atoms with Gasteiger partial charge in [0.25, 0.3) is 0 Å². The topological polar surface area (TPSA) is 50.7 Å². The van der Waals surface area contributed by atoms with Gasteiger partial charge in [0.2, 0.25) is 0 Å². The van der Waals surface area contributed by atoms with Gasteiger partial charge in [0.05, 0.1) is 14.2 Å². The fraction of sp³-hybridized carbons (Fsp3) is 0.571. The van der Waals surface area contributed by atoms with E-state index in [4.69, 9.17) is 9.47 Å². The molecular weight excluding hydrogens is 230 g/mol. The van der Waals surface area contributed by atoms with Crippen molar-refractivity contribution >= 4 is 0 Å². The molecule has 0 bridgehead atoms. The number of hydrogen-bond donors (Lipinski definition) is 2. The van der Waals surface area contributed by atoms with E-state index in [0.29, 0.717) is 5.92 Å². The highest BCUT2D eigenvalue weighted by atomic mass is 16.5. The van der Waals surface area contributed by atoms with Crippen molar-refractivity contribution in [3.63, 3.8) is 0 Å². The molecule has 1 atom stereocenters. The number of methoxy groups -OCH3 is 2. The molecule has 2 rings (SSSR count). The van der Waals surface area contributed by atoms with Gasteiger partial charge in [-0.15, -0.1) is 0 Å². The van der Waals surface area contributed by atoms with Gasteiger partial charge in [-0.05, 0) is 48.6 Å². The van der Waals surface area contributed by atoms with Gasteiger partial charge in [-0.3, -0.25) is 0 Å². The van der Waals surface area contributed by atoms with E-state index in [-0.39, 0.29) is 6.61 Å². The molecule has 1 heterocycles. The van der Waals surface area contributed by atoms with Crippen molar-refractivity contribution in [2.45, 2.75) is 25.3 Å². The van der Waals surface area contributed by atoms with Crippen LogP contribution in [0, 0.1) is 0 Å². The maximum atomic E-state index is 9.19. The lowest BCUT2D eigenvalue weighted by molar-refractivity contribution is 0.273. The second-order valence-electron chi connectivity index (χ2n) is 4.58. The van der Waals surface area contributed by atoms with Crippen molar-refractivity contribution < 1.29 is 14.6 Å². The minimum Gasteiger partial charge on any atom is -0.493 e. The predicted molar refractivity (Wildman–Crippen MR) is 70.3 cm³/mol. The predicted octanol–water partition coefficient (Wildman–Crippen LogP) is 1.66. The van der Waals surface area contributed by atoms with Crippen LogP contribution in [0.3, 0.4) is 0 Å². The molecule has 0 saturated carbocycles. The average molecular weight is 251 g/mol. The summed E-state index contributed by atoms with van der Waals surface area (Å²) in [6.45, 7) is 2.04. The third-order valence-electron chi connectivity index (χ3n) is 3.55. The van der Waals surface area contributed by atoms with E-state index >= 15 is 0 Å². The monoisotopic (exact) mass is 251 g/mol. The van der Waals surface area contributed by atoms with Crippen LogP contribution in [-0.2, 0) is 6.54 Å². The molecule has 0 spiro atoms. The summed E-state index contributed by atoms with van der Waals surface area (Å²) < 4.78 is 10.7. The van der Waals surface area contributed by atoms with Crippen LogP contribution in [0.4, 0.5) is 0 Å². The Morgan fingerprint density at radius 2 is 2.00 bits per heavy atom. The van der Waals surface area contributed by atoms with Gasteiger partial charge in [0, 0.05) is 13.2 Å². The van der Waals surface area contributed by atoms with Gasteiger partial charge >= 0.3 is 0 Å². The van der Waals surface area contributed by atoms with Gasteiger partial charge in [0.1, 0.15) is 0 Å². The second-order valence-corrected chi connectivity index (χ2v) is 4.58. The van der Waals surface area contributed by atoms with Crippen molar-refractivity contribution in [2.75, 3.05) is 27.4 Å². The Morgan fingerprint density at radius 3 is 2.67 bits per heavy atom. The van der Waals surface area contributed by atoms with E-state index in [1.165, 1.54) is 11.1 Å². The van der Waals surface area contributed by atoms with Crippen LogP contribution < -0.4 is 14.8 Å². The summed E-state index contributed by atoms with van der Waals surface area (Å²) in [7, 11) is 3.31. The summed E-state index contributed by atoms with van der Waals surface area (Å²) in [6, 6.07) is 4.10. The zero-order valence-electron chi connectivity index (χ0n) is 11.0. The molecule has 2 N–H and O–H groups in total. The number of aliphatic hydroxyl groups excluding tert-OH is 1. The molecule has 100 valence electrons. The zero-order valence-corrected chi connectivity index (χ0v) is 11.0. The van der Waals surface area contributed by atoms with E-state index in [1.54, 1.807) is 14.2 Å². The van der Waals surface area contributed by atoms with Gasteiger partial charge < -0.3 is 19.9 Å². The molecule has 1 aliphatic heterocycles. The third-order valence-corrected chi connectivity index (χ3v) is 3.55. The van der Waals surface area contributed by atoms with Crippen molar-refractivity contribution in [1.82, 2.24) is 5.32 Å².